The highest BCUT2D eigenvalue weighted by atomic mass is 16.3. The minimum absolute atomic E-state index is 0.0104. The summed E-state index contributed by atoms with van der Waals surface area (Å²) in [6, 6.07) is 1.71. The van der Waals surface area contributed by atoms with E-state index in [1.165, 1.54) is 13.8 Å². The topological polar surface area (TPSA) is 81.3 Å². The van der Waals surface area contributed by atoms with Crippen molar-refractivity contribution in [3.05, 3.63) is 0 Å². The van der Waals surface area contributed by atoms with Crippen LogP contribution in [0.15, 0.2) is 0 Å². The van der Waals surface area contributed by atoms with Gasteiger partial charge in [0, 0.05) is 0 Å². The quantitative estimate of drug-likeness (QED) is 0.587. The Bertz CT molecular complexity index is 135. The summed E-state index contributed by atoms with van der Waals surface area (Å²) in [7, 11) is 0. The molecule has 0 saturated carbocycles. The highest BCUT2D eigenvalue weighted by molar-refractivity contribution is 5.72. The summed E-state index contributed by atoms with van der Waals surface area (Å²) in [6.07, 6.45) is -0.846. The van der Waals surface area contributed by atoms with Gasteiger partial charge in [-0.25, -0.2) is 0 Å². The average Bonchev–Trinajstić information content (AvgIpc) is 1.87. The number of rotatable bonds is 2. The van der Waals surface area contributed by atoms with Gasteiger partial charge in [-0.1, -0.05) is 0 Å². The fourth-order valence-corrected chi connectivity index (χ4v) is 0.170. The zero-order valence-electron chi connectivity index (χ0n) is 6.74. The van der Waals surface area contributed by atoms with Crippen molar-refractivity contribution in [1.82, 2.24) is 0 Å². The first-order chi connectivity index (χ1) is 5.04. The summed E-state index contributed by atoms with van der Waals surface area (Å²) in [6.45, 7) is 2.73. The maximum absolute atomic E-state index is 9.44. The highest BCUT2D eigenvalue weighted by Gasteiger charge is 1.96. The number of aliphatic hydroxyl groups is 2. The number of carbonyl (C=O) groups excluding carboxylic acids is 1. The second kappa shape index (κ2) is 9.08. The lowest BCUT2D eigenvalue weighted by atomic mass is 10.3. The second-order valence-electron chi connectivity index (χ2n) is 2.11. The van der Waals surface area contributed by atoms with Crippen LogP contribution in [0.2, 0.25) is 0 Å². The Balaban J connectivity index is 0. The van der Waals surface area contributed by atoms with Gasteiger partial charge in [0.1, 0.15) is 5.78 Å². The summed E-state index contributed by atoms with van der Waals surface area (Å²) in [4.78, 5) is 9.44. The molecule has 0 aromatic carbocycles. The van der Waals surface area contributed by atoms with Crippen molar-refractivity contribution in [2.75, 3.05) is 6.61 Å². The number of carbonyl (C=O) groups is 1. The lowest BCUT2D eigenvalue weighted by Crippen LogP contribution is -2.09. The Labute approximate surface area is 66.1 Å². The number of nitrogens with zero attached hydrogens (tertiary/aromatic N) is 1. The minimum Gasteiger partial charge on any atom is -0.394 e. The fourth-order valence-electron chi connectivity index (χ4n) is 0.170. The molecule has 0 aromatic rings. The van der Waals surface area contributed by atoms with Crippen LogP contribution in [0.25, 0.3) is 0 Å². The maximum Gasteiger partial charge on any atom is 0.126 e. The first-order valence-corrected chi connectivity index (χ1v) is 3.17. The third kappa shape index (κ3) is 27.3. The third-order valence-corrected chi connectivity index (χ3v) is 0.538. The molecule has 11 heavy (non-hydrogen) atoms. The lowest BCUT2D eigenvalue weighted by molar-refractivity contribution is -0.114. The van der Waals surface area contributed by atoms with Gasteiger partial charge in [0.2, 0.25) is 0 Å². The molecular formula is C7H13NO3. The predicted octanol–water partition coefficient (Wildman–Crippen LogP) is -0.151. The van der Waals surface area contributed by atoms with Crippen LogP contribution in [0, 0.1) is 11.3 Å². The molecule has 0 radical (unpaired) electrons. The van der Waals surface area contributed by atoms with Crippen LogP contribution >= 0.6 is 0 Å². The molecule has 0 aliphatic carbocycles. The molecular weight excluding hydrogens is 146 g/mol. The summed E-state index contributed by atoms with van der Waals surface area (Å²) in [5.74, 6) is 0.167. The van der Waals surface area contributed by atoms with Crippen molar-refractivity contribution in [3.8, 4) is 6.07 Å². The molecule has 0 saturated heterocycles. The van der Waals surface area contributed by atoms with Crippen molar-refractivity contribution in [2.24, 2.45) is 0 Å². The molecule has 0 aliphatic rings. The third-order valence-electron chi connectivity index (χ3n) is 0.538. The zero-order valence-corrected chi connectivity index (χ0v) is 6.74. The Morgan fingerprint density at radius 3 is 2.09 bits per heavy atom. The van der Waals surface area contributed by atoms with Crippen molar-refractivity contribution in [2.45, 2.75) is 26.4 Å². The van der Waals surface area contributed by atoms with Crippen LogP contribution in [-0.2, 0) is 4.79 Å². The maximum atomic E-state index is 9.44. The monoisotopic (exact) mass is 159 g/mol. The summed E-state index contributed by atoms with van der Waals surface area (Å²) >= 11 is 0. The summed E-state index contributed by atoms with van der Waals surface area (Å²) < 4.78 is 0. The molecule has 64 valence electrons. The lowest BCUT2D eigenvalue weighted by Gasteiger charge is -1.95. The number of hydrogen-bond acceptors (Lipinski definition) is 4. The molecule has 0 fully saturated rings. The standard InChI is InChI=1S/C4H7NO2.C3H6O/c5-2-1-4(7)3-6;1-3(2)4/h4,6-7H,1,3H2;1-2H3. The number of hydrogen-bond donors (Lipinski definition) is 2. The van der Waals surface area contributed by atoms with Crippen molar-refractivity contribution in [3.63, 3.8) is 0 Å². The Morgan fingerprint density at radius 1 is 1.64 bits per heavy atom. The minimum atomic E-state index is -0.856. The van der Waals surface area contributed by atoms with Crippen LogP contribution in [-0.4, -0.2) is 28.7 Å². The number of ketones is 1. The predicted molar refractivity (Wildman–Crippen MR) is 39.7 cm³/mol. The van der Waals surface area contributed by atoms with E-state index in [4.69, 9.17) is 15.5 Å². The van der Waals surface area contributed by atoms with Gasteiger partial charge < -0.3 is 15.0 Å². The average molecular weight is 159 g/mol. The zero-order chi connectivity index (χ0) is 9.28. The SMILES string of the molecule is CC(C)=O.N#CCC(O)CO. The van der Waals surface area contributed by atoms with E-state index in [-0.39, 0.29) is 18.8 Å². The van der Waals surface area contributed by atoms with Crippen molar-refractivity contribution in [1.29, 1.82) is 5.26 Å². The second-order valence-corrected chi connectivity index (χ2v) is 2.11. The van der Waals surface area contributed by atoms with Gasteiger partial charge in [-0.15, -0.1) is 0 Å². The molecule has 1 atom stereocenters. The molecule has 2 N–H and O–H groups in total. The van der Waals surface area contributed by atoms with Gasteiger partial charge in [0.25, 0.3) is 0 Å². The van der Waals surface area contributed by atoms with E-state index in [1.807, 2.05) is 0 Å². The van der Waals surface area contributed by atoms with Crippen LogP contribution in [0.5, 0.6) is 0 Å². The molecule has 0 amide bonds. The van der Waals surface area contributed by atoms with Gasteiger partial charge >= 0.3 is 0 Å². The van der Waals surface area contributed by atoms with Gasteiger partial charge in [0.15, 0.2) is 0 Å². The molecule has 4 nitrogen and oxygen atoms in total. The first-order valence-electron chi connectivity index (χ1n) is 3.17. The molecule has 0 bridgehead atoms. The van der Waals surface area contributed by atoms with Crippen LogP contribution in [0.3, 0.4) is 0 Å². The van der Waals surface area contributed by atoms with E-state index in [9.17, 15) is 4.79 Å². The Hall–Kier alpha value is -0.920. The summed E-state index contributed by atoms with van der Waals surface area (Å²) in [5, 5.41) is 24.3. The fraction of sp³-hybridized carbons (Fsp3) is 0.714. The first kappa shape index (κ1) is 12.7. The van der Waals surface area contributed by atoms with E-state index in [1.54, 1.807) is 6.07 Å². The molecule has 0 aromatic heterocycles. The molecule has 0 heterocycles. The van der Waals surface area contributed by atoms with E-state index in [0.717, 1.165) is 0 Å². The van der Waals surface area contributed by atoms with E-state index >= 15 is 0 Å². The molecule has 4 heteroatoms. The Morgan fingerprint density at radius 2 is 2.00 bits per heavy atom. The highest BCUT2D eigenvalue weighted by Crippen LogP contribution is 1.83. The molecule has 0 aliphatic heterocycles. The van der Waals surface area contributed by atoms with Gasteiger partial charge in [-0.05, 0) is 13.8 Å². The van der Waals surface area contributed by atoms with Crippen molar-refractivity contribution >= 4 is 5.78 Å². The molecule has 0 rings (SSSR count). The van der Waals surface area contributed by atoms with Crippen LogP contribution < -0.4 is 0 Å². The van der Waals surface area contributed by atoms with Gasteiger partial charge in [-0.3, -0.25) is 0 Å². The normalized spacial score (nSPS) is 10.5. The molecule has 1 unspecified atom stereocenters. The number of aliphatic hydroxyl groups excluding tert-OH is 2. The van der Waals surface area contributed by atoms with Gasteiger partial charge in [-0.2, -0.15) is 5.26 Å². The van der Waals surface area contributed by atoms with Crippen molar-refractivity contribution < 1.29 is 15.0 Å². The number of nitriles is 1. The van der Waals surface area contributed by atoms with Crippen LogP contribution in [0.1, 0.15) is 20.3 Å². The Kier molecular flexibility index (Phi) is 10.5. The largest absolute Gasteiger partial charge is 0.394 e. The van der Waals surface area contributed by atoms with E-state index in [2.05, 4.69) is 0 Å². The smallest absolute Gasteiger partial charge is 0.126 e. The van der Waals surface area contributed by atoms with E-state index < -0.39 is 6.10 Å². The van der Waals surface area contributed by atoms with Crippen LogP contribution in [0.4, 0.5) is 0 Å². The molecule has 0 spiro atoms. The number of Topliss-reactive ketones (excluding diaryl/α,β-unsaturated/α-hetero) is 1. The van der Waals surface area contributed by atoms with E-state index in [0.29, 0.717) is 0 Å². The van der Waals surface area contributed by atoms with Gasteiger partial charge in [0.05, 0.1) is 25.2 Å². The summed E-state index contributed by atoms with van der Waals surface area (Å²) in [5.41, 5.74) is 0.